The first kappa shape index (κ1) is 22.7. The van der Waals surface area contributed by atoms with Crippen LogP contribution in [-0.4, -0.2) is 28.0 Å². The summed E-state index contributed by atoms with van der Waals surface area (Å²) in [5.41, 5.74) is 6.95. The summed E-state index contributed by atoms with van der Waals surface area (Å²) in [6.45, 7) is 4.02. The third-order valence-electron chi connectivity index (χ3n) is 4.57. The molecule has 1 aromatic carbocycles. The van der Waals surface area contributed by atoms with Crippen molar-refractivity contribution < 1.29 is 14.3 Å². The highest BCUT2D eigenvalue weighted by molar-refractivity contribution is 6.35. The second-order valence-corrected chi connectivity index (χ2v) is 7.68. The zero-order chi connectivity index (χ0) is 22.4. The maximum Gasteiger partial charge on any atom is 0.271 e. The van der Waals surface area contributed by atoms with E-state index >= 15 is 0 Å². The van der Waals surface area contributed by atoms with Gasteiger partial charge in [-0.1, -0.05) is 29.3 Å². The molecule has 31 heavy (non-hydrogen) atoms. The summed E-state index contributed by atoms with van der Waals surface area (Å²) < 4.78 is 7.43. The second kappa shape index (κ2) is 10.3. The van der Waals surface area contributed by atoms with Gasteiger partial charge in [0.15, 0.2) is 0 Å². The summed E-state index contributed by atoms with van der Waals surface area (Å²) in [4.78, 5) is 28.9. The lowest BCUT2D eigenvalue weighted by molar-refractivity contribution is -0.122. The molecule has 3 rings (SSSR count). The van der Waals surface area contributed by atoms with Crippen LogP contribution in [0.5, 0.6) is 5.75 Å². The van der Waals surface area contributed by atoms with E-state index in [9.17, 15) is 9.59 Å². The SMILES string of the molecule is Cc1cc(C(=O)NNC(=O)CCCOc2ccc(Cl)cc2Cl)c(C)n1-c1ccccn1. The highest BCUT2D eigenvalue weighted by Crippen LogP contribution is 2.27. The summed E-state index contributed by atoms with van der Waals surface area (Å²) in [7, 11) is 0. The molecule has 0 saturated heterocycles. The molecule has 2 heterocycles. The van der Waals surface area contributed by atoms with Crippen LogP contribution >= 0.6 is 23.2 Å². The van der Waals surface area contributed by atoms with Gasteiger partial charge in [0.25, 0.3) is 5.91 Å². The lowest BCUT2D eigenvalue weighted by atomic mass is 10.2. The van der Waals surface area contributed by atoms with Gasteiger partial charge in [0, 0.05) is 29.0 Å². The number of halogens is 2. The average molecular weight is 461 g/mol. The van der Waals surface area contributed by atoms with Crippen LogP contribution in [0.25, 0.3) is 5.82 Å². The van der Waals surface area contributed by atoms with E-state index in [4.69, 9.17) is 27.9 Å². The van der Waals surface area contributed by atoms with Crippen molar-refractivity contribution in [2.24, 2.45) is 0 Å². The molecule has 2 aromatic heterocycles. The maximum absolute atomic E-state index is 12.5. The van der Waals surface area contributed by atoms with Crippen LogP contribution in [0.1, 0.15) is 34.6 Å². The molecule has 0 bridgehead atoms. The Labute approximate surface area is 190 Å². The van der Waals surface area contributed by atoms with E-state index in [-0.39, 0.29) is 12.3 Å². The smallest absolute Gasteiger partial charge is 0.271 e. The summed E-state index contributed by atoms with van der Waals surface area (Å²) in [6.07, 6.45) is 2.33. The van der Waals surface area contributed by atoms with E-state index in [2.05, 4.69) is 15.8 Å². The Hall–Kier alpha value is -3.03. The normalized spacial score (nSPS) is 10.6. The molecule has 162 valence electrons. The minimum atomic E-state index is -0.396. The standard InChI is InChI=1S/C22H22Cl2N4O3/c1-14-12-17(15(2)28(14)20-6-3-4-10-25-20)22(30)27-26-21(29)7-5-11-31-19-9-8-16(23)13-18(19)24/h3-4,6,8-10,12-13H,5,7,11H2,1-2H3,(H,26,29)(H,27,30). The predicted molar refractivity (Wildman–Crippen MR) is 120 cm³/mol. The Morgan fingerprint density at radius 2 is 1.90 bits per heavy atom. The molecule has 0 atom stereocenters. The topological polar surface area (TPSA) is 85.3 Å². The van der Waals surface area contributed by atoms with Crippen LogP contribution in [0.4, 0.5) is 0 Å². The number of nitrogens with zero attached hydrogens (tertiary/aromatic N) is 2. The summed E-state index contributed by atoms with van der Waals surface area (Å²) >= 11 is 11.9. The van der Waals surface area contributed by atoms with Gasteiger partial charge in [0.05, 0.1) is 17.2 Å². The number of aryl methyl sites for hydroxylation is 1. The Morgan fingerprint density at radius 1 is 1.10 bits per heavy atom. The Bertz CT molecular complexity index is 1080. The quantitative estimate of drug-likeness (QED) is 0.403. The van der Waals surface area contributed by atoms with E-state index in [1.54, 1.807) is 30.5 Å². The van der Waals surface area contributed by atoms with Crippen molar-refractivity contribution in [3.63, 3.8) is 0 Å². The molecule has 2 amide bonds. The number of carbonyl (C=O) groups excluding carboxylic acids is 2. The van der Waals surface area contributed by atoms with E-state index < -0.39 is 5.91 Å². The fourth-order valence-electron chi connectivity index (χ4n) is 3.09. The van der Waals surface area contributed by atoms with Gasteiger partial charge in [-0.3, -0.25) is 20.4 Å². The number of ether oxygens (including phenoxy) is 1. The van der Waals surface area contributed by atoms with Gasteiger partial charge in [0.1, 0.15) is 11.6 Å². The molecule has 0 radical (unpaired) electrons. The van der Waals surface area contributed by atoms with Crippen LogP contribution in [0, 0.1) is 13.8 Å². The number of amides is 2. The van der Waals surface area contributed by atoms with E-state index in [1.807, 2.05) is 36.6 Å². The molecule has 0 fully saturated rings. The predicted octanol–water partition coefficient (Wildman–Crippen LogP) is 4.42. The van der Waals surface area contributed by atoms with Gasteiger partial charge < -0.3 is 9.30 Å². The number of nitrogens with one attached hydrogen (secondary N) is 2. The molecule has 0 aliphatic heterocycles. The highest BCUT2D eigenvalue weighted by atomic mass is 35.5. The zero-order valence-corrected chi connectivity index (χ0v) is 18.6. The first-order chi connectivity index (χ1) is 14.9. The van der Waals surface area contributed by atoms with Crippen molar-refractivity contribution in [2.75, 3.05) is 6.61 Å². The van der Waals surface area contributed by atoms with E-state index in [0.717, 1.165) is 17.2 Å². The number of hydrogen-bond donors (Lipinski definition) is 2. The van der Waals surface area contributed by atoms with Gasteiger partial charge >= 0.3 is 0 Å². The number of hydrazine groups is 1. The van der Waals surface area contributed by atoms with Crippen molar-refractivity contribution in [1.82, 2.24) is 20.4 Å². The first-order valence-corrected chi connectivity index (χ1v) is 10.4. The summed E-state index contributed by atoms with van der Waals surface area (Å²) in [6, 6.07) is 12.3. The fourth-order valence-corrected chi connectivity index (χ4v) is 3.56. The Kier molecular flexibility index (Phi) is 7.55. The third-order valence-corrected chi connectivity index (χ3v) is 5.10. The number of aromatic nitrogens is 2. The summed E-state index contributed by atoms with van der Waals surface area (Å²) in [5.74, 6) is 0.509. The molecule has 7 nitrogen and oxygen atoms in total. The van der Waals surface area contributed by atoms with Crippen molar-refractivity contribution in [1.29, 1.82) is 0 Å². The molecule has 0 aliphatic carbocycles. The highest BCUT2D eigenvalue weighted by Gasteiger charge is 2.17. The van der Waals surface area contributed by atoms with Crippen LogP contribution in [0.15, 0.2) is 48.7 Å². The molecule has 0 aliphatic rings. The molecular formula is C22H22Cl2N4O3. The lowest BCUT2D eigenvalue weighted by Crippen LogP contribution is -2.41. The van der Waals surface area contributed by atoms with Gasteiger partial charge in [-0.25, -0.2) is 4.98 Å². The maximum atomic E-state index is 12.5. The van der Waals surface area contributed by atoms with Crippen LogP contribution in [0.3, 0.4) is 0 Å². The lowest BCUT2D eigenvalue weighted by Gasteiger charge is -2.10. The molecule has 0 spiro atoms. The number of rotatable bonds is 7. The number of carbonyl (C=O) groups is 2. The summed E-state index contributed by atoms with van der Waals surface area (Å²) in [5, 5.41) is 0.931. The van der Waals surface area contributed by atoms with E-state index in [0.29, 0.717) is 34.4 Å². The number of benzene rings is 1. The monoisotopic (exact) mass is 460 g/mol. The van der Waals surface area contributed by atoms with Crippen molar-refractivity contribution in [3.8, 4) is 11.6 Å². The van der Waals surface area contributed by atoms with Crippen molar-refractivity contribution in [3.05, 3.63) is 75.7 Å². The fraction of sp³-hybridized carbons (Fsp3) is 0.227. The third kappa shape index (κ3) is 5.77. The van der Waals surface area contributed by atoms with Gasteiger partial charge in [-0.05, 0) is 56.7 Å². The van der Waals surface area contributed by atoms with Crippen molar-refractivity contribution >= 4 is 35.0 Å². The Morgan fingerprint density at radius 3 is 2.61 bits per heavy atom. The largest absolute Gasteiger partial charge is 0.492 e. The second-order valence-electron chi connectivity index (χ2n) is 6.84. The van der Waals surface area contributed by atoms with Gasteiger partial charge in [-0.2, -0.15) is 0 Å². The number of pyridine rings is 1. The minimum absolute atomic E-state index is 0.179. The zero-order valence-electron chi connectivity index (χ0n) is 17.1. The number of hydrogen-bond acceptors (Lipinski definition) is 4. The molecule has 0 saturated carbocycles. The first-order valence-electron chi connectivity index (χ1n) is 9.64. The molecule has 9 heteroatoms. The van der Waals surface area contributed by atoms with Crippen molar-refractivity contribution in [2.45, 2.75) is 26.7 Å². The van der Waals surface area contributed by atoms with Gasteiger partial charge in [0.2, 0.25) is 5.91 Å². The van der Waals surface area contributed by atoms with Crippen LogP contribution < -0.4 is 15.6 Å². The molecule has 3 aromatic rings. The van der Waals surface area contributed by atoms with Gasteiger partial charge in [-0.15, -0.1) is 0 Å². The molecule has 2 N–H and O–H groups in total. The molecule has 0 unspecified atom stereocenters. The Balaban J connectivity index is 1.48. The molecular weight excluding hydrogens is 439 g/mol. The average Bonchev–Trinajstić information content (AvgIpc) is 3.05. The minimum Gasteiger partial charge on any atom is -0.492 e. The van der Waals surface area contributed by atoms with Crippen LogP contribution in [-0.2, 0) is 4.79 Å². The van der Waals surface area contributed by atoms with Crippen LogP contribution in [0.2, 0.25) is 10.0 Å². The van der Waals surface area contributed by atoms with E-state index in [1.165, 1.54) is 0 Å².